The average Bonchev–Trinajstić information content (AvgIpc) is 2.49. The highest BCUT2D eigenvalue weighted by atomic mass is 32.2. The normalized spacial score (nSPS) is 15.0. The van der Waals surface area contributed by atoms with Gasteiger partial charge in [0.1, 0.15) is 5.69 Å². The van der Waals surface area contributed by atoms with Crippen molar-refractivity contribution in [2.24, 2.45) is 10.1 Å². The van der Waals surface area contributed by atoms with Crippen LogP contribution in [0.1, 0.15) is 18.2 Å². The second-order valence-corrected chi connectivity index (χ2v) is 7.11. The molecule has 1 aromatic rings. The highest BCUT2D eigenvalue weighted by molar-refractivity contribution is 8.01. The molecule has 11 heteroatoms. The van der Waals surface area contributed by atoms with E-state index in [1.54, 1.807) is 0 Å². The molecular formula is C13H19F3N4O3S. The molecule has 0 spiro atoms. The largest absolute Gasteiger partial charge is 0.433 e. The van der Waals surface area contributed by atoms with Crippen LogP contribution < -0.4 is 11.2 Å². The lowest BCUT2D eigenvalue weighted by Gasteiger charge is -2.10. The van der Waals surface area contributed by atoms with E-state index in [-0.39, 0.29) is 23.0 Å². The number of nitrogens with zero attached hydrogens (tertiary/aromatic N) is 2. The molecule has 0 radical (unpaired) electrons. The smallest absolute Gasteiger partial charge is 0.382 e. The van der Waals surface area contributed by atoms with Gasteiger partial charge in [-0.1, -0.05) is 6.07 Å². The summed E-state index contributed by atoms with van der Waals surface area (Å²) < 4.78 is 58.7. The van der Waals surface area contributed by atoms with Crippen LogP contribution in [0.3, 0.4) is 0 Å². The molecule has 0 amide bonds. The predicted octanol–water partition coefficient (Wildman–Crippen LogP) is 0.952. The van der Waals surface area contributed by atoms with Crippen LogP contribution in [0.2, 0.25) is 0 Å². The molecule has 1 aromatic heterocycles. The molecule has 0 aliphatic heterocycles. The quantitative estimate of drug-likeness (QED) is 0.194. The first-order chi connectivity index (χ1) is 11.1. The fourth-order valence-corrected chi connectivity index (χ4v) is 2.62. The van der Waals surface area contributed by atoms with Crippen molar-refractivity contribution in [3.05, 3.63) is 29.6 Å². The van der Waals surface area contributed by atoms with Gasteiger partial charge in [0.15, 0.2) is 0 Å². The summed E-state index contributed by atoms with van der Waals surface area (Å²) in [5.41, 5.74) is 7.10. The summed E-state index contributed by atoms with van der Waals surface area (Å²) in [6.45, 7) is 2.00. The molecule has 24 heavy (non-hydrogen) atoms. The molecule has 0 fully saturated rings. The van der Waals surface area contributed by atoms with E-state index < -0.39 is 21.6 Å². The van der Waals surface area contributed by atoms with Gasteiger partial charge in [-0.25, -0.2) is 9.69 Å². The van der Waals surface area contributed by atoms with Crippen LogP contribution in [-0.2, 0) is 25.5 Å². The fourth-order valence-electron chi connectivity index (χ4n) is 1.51. The number of hydrogen-bond acceptors (Lipinski definition) is 4. The third kappa shape index (κ3) is 5.98. The van der Waals surface area contributed by atoms with E-state index in [1.165, 1.54) is 26.4 Å². The van der Waals surface area contributed by atoms with E-state index in [0.29, 0.717) is 6.61 Å². The summed E-state index contributed by atoms with van der Waals surface area (Å²) in [7, 11) is -1.47. The Morgan fingerprint density at radius 2 is 2.08 bits per heavy atom. The topological polar surface area (TPSA) is 98.8 Å². The number of hydrogen-bond donors (Lipinski definition) is 2. The summed E-state index contributed by atoms with van der Waals surface area (Å²) in [5, 5.41) is 0. The van der Waals surface area contributed by atoms with Gasteiger partial charge < -0.3 is 10.5 Å². The van der Waals surface area contributed by atoms with Crippen LogP contribution in [0, 0.1) is 0 Å². The number of nitrogens with one attached hydrogen (secondary N) is 1. The molecule has 3 N–H and O–H groups in total. The number of ether oxygens (including phenoxy) is 1. The van der Waals surface area contributed by atoms with Crippen molar-refractivity contribution in [1.82, 2.24) is 10.5 Å². The van der Waals surface area contributed by atoms with Gasteiger partial charge in [-0.05, 0) is 13.0 Å². The molecule has 0 aliphatic rings. The van der Waals surface area contributed by atoms with E-state index in [4.69, 9.17) is 15.3 Å². The van der Waals surface area contributed by atoms with Gasteiger partial charge in [0, 0.05) is 30.0 Å². The van der Waals surface area contributed by atoms with Crippen LogP contribution in [0.25, 0.3) is 0 Å². The Kier molecular flexibility index (Phi) is 6.99. The number of rotatable bonds is 6. The van der Waals surface area contributed by atoms with Crippen molar-refractivity contribution in [3.63, 3.8) is 0 Å². The Morgan fingerprint density at radius 3 is 2.58 bits per heavy atom. The number of pyridine rings is 1. The first kappa shape index (κ1) is 20.2. The molecule has 0 bridgehead atoms. The summed E-state index contributed by atoms with van der Waals surface area (Å²) in [6.07, 6.45) is -2.23. The third-order valence-electron chi connectivity index (χ3n) is 2.87. The van der Waals surface area contributed by atoms with Gasteiger partial charge in [-0.3, -0.25) is 9.82 Å². The van der Waals surface area contributed by atoms with Gasteiger partial charge in [0.25, 0.3) is 0 Å². The van der Waals surface area contributed by atoms with Crippen molar-refractivity contribution in [2.45, 2.75) is 13.1 Å². The Labute approximate surface area is 138 Å². The van der Waals surface area contributed by atoms with E-state index in [9.17, 15) is 17.4 Å². The lowest BCUT2D eigenvalue weighted by atomic mass is 10.2. The molecule has 1 atom stereocenters. The van der Waals surface area contributed by atoms with Crippen LogP contribution in [0.5, 0.6) is 0 Å². The second-order valence-electron chi connectivity index (χ2n) is 4.71. The van der Waals surface area contributed by atoms with Gasteiger partial charge in [-0.2, -0.15) is 17.6 Å². The number of hydroxylamine groups is 1. The minimum Gasteiger partial charge on any atom is -0.382 e. The number of halogens is 3. The fraction of sp³-hybridized carbons (Fsp3) is 0.462. The zero-order chi connectivity index (χ0) is 18.4. The third-order valence-corrected chi connectivity index (χ3v) is 4.78. The van der Waals surface area contributed by atoms with Crippen LogP contribution in [0.4, 0.5) is 13.2 Å². The Bertz CT molecular complexity index is 695. The maximum Gasteiger partial charge on any atom is 0.433 e. The number of nitrogens with two attached hydrogens (primary N) is 1. The second kappa shape index (κ2) is 8.31. The highest BCUT2D eigenvalue weighted by Crippen LogP contribution is 2.27. The van der Waals surface area contributed by atoms with E-state index in [2.05, 4.69) is 14.9 Å². The molecule has 0 aliphatic carbocycles. The standard InChI is InChI=1S/C13H19F3N4O3S/c1-9(10-4-5-11(18-8-10)13(14,15)16)24(3,21)20-12(17)19-23-7-6-22-2/h4-5,8H,6-7H2,1-3H3,(H3,17,19,20,21). The van der Waals surface area contributed by atoms with Crippen LogP contribution in [0.15, 0.2) is 22.7 Å². The van der Waals surface area contributed by atoms with Crippen molar-refractivity contribution >= 4 is 20.5 Å². The van der Waals surface area contributed by atoms with E-state index in [0.717, 1.165) is 12.3 Å². The van der Waals surface area contributed by atoms with Gasteiger partial charge in [0.2, 0.25) is 5.96 Å². The molecule has 7 nitrogen and oxygen atoms in total. The maximum absolute atomic E-state index is 12.6. The average molecular weight is 368 g/mol. The summed E-state index contributed by atoms with van der Waals surface area (Å²) in [6, 6.07) is 2.00. The molecule has 0 aromatic carbocycles. The Balaban J connectivity index is 2.98. The van der Waals surface area contributed by atoms with Crippen molar-refractivity contribution in [3.8, 4) is 0 Å². The predicted molar refractivity (Wildman–Crippen MR) is 85.7 cm³/mol. The summed E-state index contributed by atoms with van der Waals surface area (Å²) >= 11 is 0. The van der Waals surface area contributed by atoms with E-state index in [1.807, 2.05) is 0 Å². The van der Waals surface area contributed by atoms with Gasteiger partial charge in [0.05, 0.1) is 22.9 Å². The van der Waals surface area contributed by atoms with Crippen molar-refractivity contribution in [2.75, 3.05) is 26.6 Å². The molecule has 1 unspecified atom stereocenters. The monoisotopic (exact) mass is 368 g/mol. The first-order valence-corrected chi connectivity index (χ1v) is 8.58. The lowest BCUT2D eigenvalue weighted by molar-refractivity contribution is -0.141. The van der Waals surface area contributed by atoms with Crippen molar-refractivity contribution < 1.29 is 27.0 Å². The van der Waals surface area contributed by atoms with Crippen LogP contribution >= 0.6 is 0 Å². The van der Waals surface area contributed by atoms with E-state index >= 15 is 0 Å². The number of guanidine groups is 1. The Morgan fingerprint density at radius 1 is 1.42 bits per heavy atom. The van der Waals surface area contributed by atoms with Gasteiger partial charge in [-0.15, -0.1) is 0 Å². The number of aromatic nitrogens is 1. The first-order valence-electron chi connectivity index (χ1n) is 6.66. The minimum atomic E-state index is -4.54. The zero-order valence-electron chi connectivity index (χ0n) is 13.4. The highest BCUT2D eigenvalue weighted by Gasteiger charge is 2.32. The number of methoxy groups -OCH3 is 1. The lowest BCUT2D eigenvalue weighted by Crippen LogP contribution is -2.34. The van der Waals surface area contributed by atoms with Crippen LogP contribution in [-0.4, -0.2) is 46.6 Å². The molecule has 1 rings (SSSR count). The Hall–Kier alpha value is -1.85. The zero-order valence-corrected chi connectivity index (χ0v) is 14.2. The van der Waals surface area contributed by atoms with Crippen molar-refractivity contribution in [1.29, 1.82) is 0 Å². The molecule has 0 saturated heterocycles. The maximum atomic E-state index is 12.6. The SMILES string of the molecule is COCCONC(N)=NS(C)(=O)=C(C)c1ccc(C(F)(F)F)nc1. The molecule has 1 heterocycles. The summed E-state index contributed by atoms with van der Waals surface area (Å²) in [5.74, 6) is -0.224. The molecule has 0 saturated carbocycles. The minimum absolute atomic E-state index is 0.198. The van der Waals surface area contributed by atoms with Gasteiger partial charge >= 0.3 is 6.18 Å². The molecule has 136 valence electrons. The summed E-state index contributed by atoms with van der Waals surface area (Å²) in [4.78, 5) is 8.49. The number of alkyl halides is 3. The molecular weight excluding hydrogens is 349 g/mol.